The molecule has 4 nitrogen and oxygen atoms in total. The number of rotatable bonds is 4. The fraction of sp³-hybridized carbons (Fsp3) is 0.533. The first-order chi connectivity index (χ1) is 9.20. The third kappa shape index (κ3) is 3.70. The lowest BCUT2D eigenvalue weighted by Gasteiger charge is -2.16. The zero-order valence-corrected chi connectivity index (χ0v) is 11.4. The molecule has 0 radical (unpaired) electrons. The van der Waals surface area contributed by atoms with E-state index >= 15 is 0 Å². The standard InChI is InChI=1S/C15H22N2O2/c1-2-13(16)11-6-8-12(9-7-11)19-14-5-3-4-10-17-15(14)18/h6-9,13-14H,2-5,10,16H2,1H3,(H,17,18). The van der Waals surface area contributed by atoms with E-state index in [9.17, 15) is 4.79 Å². The van der Waals surface area contributed by atoms with Crippen LogP contribution in [0.3, 0.4) is 0 Å². The van der Waals surface area contributed by atoms with E-state index in [4.69, 9.17) is 10.5 Å². The van der Waals surface area contributed by atoms with Crippen molar-refractivity contribution >= 4 is 5.91 Å². The van der Waals surface area contributed by atoms with E-state index in [-0.39, 0.29) is 18.1 Å². The second-order valence-electron chi connectivity index (χ2n) is 4.98. The summed E-state index contributed by atoms with van der Waals surface area (Å²) >= 11 is 0. The minimum atomic E-state index is -0.367. The zero-order valence-electron chi connectivity index (χ0n) is 11.4. The average Bonchev–Trinajstić information content (AvgIpc) is 2.64. The molecular formula is C15H22N2O2. The summed E-state index contributed by atoms with van der Waals surface area (Å²) in [7, 11) is 0. The smallest absolute Gasteiger partial charge is 0.261 e. The average molecular weight is 262 g/mol. The van der Waals surface area contributed by atoms with Crippen molar-refractivity contribution in [1.29, 1.82) is 0 Å². The lowest BCUT2D eigenvalue weighted by Crippen LogP contribution is -2.36. The molecule has 0 aromatic heterocycles. The molecule has 104 valence electrons. The number of nitrogens with one attached hydrogen (secondary N) is 1. The summed E-state index contributed by atoms with van der Waals surface area (Å²) in [5, 5.41) is 2.87. The quantitative estimate of drug-likeness (QED) is 0.873. The van der Waals surface area contributed by atoms with E-state index in [2.05, 4.69) is 12.2 Å². The Hall–Kier alpha value is -1.55. The lowest BCUT2D eigenvalue weighted by molar-refractivity contribution is -0.127. The number of carbonyl (C=O) groups is 1. The molecule has 1 fully saturated rings. The van der Waals surface area contributed by atoms with Crippen molar-refractivity contribution in [2.24, 2.45) is 5.73 Å². The van der Waals surface area contributed by atoms with Crippen LogP contribution in [0, 0.1) is 0 Å². The van der Waals surface area contributed by atoms with Crippen LogP contribution in [0.2, 0.25) is 0 Å². The lowest BCUT2D eigenvalue weighted by atomic mass is 10.1. The van der Waals surface area contributed by atoms with Gasteiger partial charge in [0.1, 0.15) is 5.75 Å². The molecule has 1 amide bonds. The monoisotopic (exact) mass is 262 g/mol. The maximum atomic E-state index is 11.8. The molecule has 0 bridgehead atoms. The second kappa shape index (κ2) is 6.57. The van der Waals surface area contributed by atoms with Crippen LogP contribution in [0.4, 0.5) is 0 Å². The van der Waals surface area contributed by atoms with Gasteiger partial charge in [0.25, 0.3) is 5.91 Å². The summed E-state index contributed by atoms with van der Waals surface area (Å²) in [5.41, 5.74) is 7.06. The number of hydrogen-bond acceptors (Lipinski definition) is 3. The topological polar surface area (TPSA) is 64.3 Å². The van der Waals surface area contributed by atoms with Gasteiger partial charge in [-0.25, -0.2) is 0 Å². The maximum absolute atomic E-state index is 11.8. The Morgan fingerprint density at radius 1 is 1.37 bits per heavy atom. The van der Waals surface area contributed by atoms with E-state index in [0.29, 0.717) is 0 Å². The Labute approximate surface area is 114 Å². The highest BCUT2D eigenvalue weighted by molar-refractivity contribution is 5.81. The molecule has 1 aliphatic rings. The Bertz CT molecular complexity index is 417. The van der Waals surface area contributed by atoms with Crippen LogP contribution in [0.5, 0.6) is 5.75 Å². The van der Waals surface area contributed by atoms with Gasteiger partial charge in [-0.05, 0) is 43.4 Å². The van der Waals surface area contributed by atoms with Crippen molar-refractivity contribution in [2.45, 2.75) is 44.8 Å². The molecule has 2 unspecified atom stereocenters. The predicted molar refractivity (Wildman–Crippen MR) is 74.9 cm³/mol. The van der Waals surface area contributed by atoms with E-state index in [0.717, 1.165) is 43.5 Å². The number of carbonyl (C=O) groups excluding carboxylic acids is 1. The molecule has 1 aromatic carbocycles. The van der Waals surface area contributed by atoms with Gasteiger partial charge in [0.15, 0.2) is 6.10 Å². The molecule has 4 heteroatoms. The van der Waals surface area contributed by atoms with Gasteiger partial charge in [0, 0.05) is 12.6 Å². The van der Waals surface area contributed by atoms with E-state index < -0.39 is 0 Å². The van der Waals surface area contributed by atoms with Gasteiger partial charge in [-0.15, -0.1) is 0 Å². The second-order valence-corrected chi connectivity index (χ2v) is 4.98. The van der Waals surface area contributed by atoms with E-state index in [1.165, 1.54) is 0 Å². The van der Waals surface area contributed by atoms with Crippen LogP contribution in [-0.2, 0) is 4.79 Å². The number of benzene rings is 1. The molecule has 1 saturated heterocycles. The van der Waals surface area contributed by atoms with E-state index in [1.807, 2.05) is 24.3 Å². The highest BCUT2D eigenvalue weighted by Crippen LogP contribution is 2.20. The van der Waals surface area contributed by atoms with Gasteiger partial charge in [-0.2, -0.15) is 0 Å². The molecule has 2 rings (SSSR count). The number of hydrogen-bond donors (Lipinski definition) is 2. The largest absolute Gasteiger partial charge is 0.481 e. The van der Waals surface area contributed by atoms with E-state index in [1.54, 1.807) is 0 Å². The minimum Gasteiger partial charge on any atom is -0.481 e. The number of ether oxygens (including phenoxy) is 1. The Morgan fingerprint density at radius 2 is 2.11 bits per heavy atom. The molecular weight excluding hydrogens is 240 g/mol. The van der Waals surface area contributed by atoms with Crippen molar-refractivity contribution in [3.8, 4) is 5.75 Å². The SMILES string of the molecule is CCC(N)c1ccc(OC2CCCCNC2=O)cc1. The number of nitrogens with two attached hydrogens (primary N) is 1. The highest BCUT2D eigenvalue weighted by Gasteiger charge is 2.22. The fourth-order valence-corrected chi connectivity index (χ4v) is 2.22. The summed E-state index contributed by atoms with van der Waals surface area (Å²) in [6.45, 7) is 2.81. The summed E-state index contributed by atoms with van der Waals surface area (Å²) < 4.78 is 5.76. The Morgan fingerprint density at radius 3 is 2.79 bits per heavy atom. The van der Waals surface area contributed by atoms with Crippen molar-refractivity contribution in [3.63, 3.8) is 0 Å². The summed E-state index contributed by atoms with van der Waals surface area (Å²) in [6.07, 6.45) is 3.36. The first kappa shape index (κ1) is 13.9. The molecule has 2 atom stereocenters. The zero-order chi connectivity index (χ0) is 13.7. The maximum Gasteiger partial charge on any atom is 0.261 e. The molecule has 1 aromatic rings. The highest BCUT2D eigenvalue weighted by atomic mass is 16.5. The molecule has 1 aliphatic heterocycles. The van der Waals surface area contributed by atoms with Crippen LogP contribution in [-0.4, -0.2) is 18.6 Å². The van der Waals surface area contributed by atoms with Crippen molar-refractivity contribution in [3.05, 3.63) is 29.8 Å². The van der Waals surface area contributed by atoms with Crippen molar-refractivity contribution in [2.75, 3.05) is 6.54 Å². The first-order valence-electron chi connectivity index (χ1n) is 7.00. The van der Waals surface area contributed by atoms with Crippen LogP contribution < -0.4 is 15.8 Å². The third-order valence-corrected chi connectivity index (χ3v) is 3.51. The van der Waals surface area contributed by atoms with Gasteiger partial charge in [-0.1, -0.05) is 19.1 Å². The summed E-state index contributed by atoms with van der Waals surface area (Å²) in [4.78, 5) is 11.8. The molecule has 3 N–H and O–H groups in total. The van der Waals surface area contributed by atoms with Crippen LogP contribution in [0.1, 0.15) is 44.2 Å². The molecule has 0 aliphatic carbocycles. The van der Waals surface area contributed by atoms with Crippen LogP contribution in [0.25, 0.3) is 0 Å². The summed E-state index contributed by atoms with van der Waals surface area (Å²) in [5.74, 6) is 0.723. The van der Waals surface area contributed by atoms with Crippen molar-refractivity contribution < 1.29 is 9.53 Å². The molecule has 0 spiro atoms. The predicted octanol–water partition coefficient (Wildman–Crippen LogP) is 2.14. The van der Waals surface area contributed by atoms with Crippen molar-refractivity contribution in [1.82, 2.24) is 5.32 Å². The Kier molecular flexibility index (Phi) is 4.80. The molecule has 0 saturated carbocycles. The minimum absolute atomic E-state index is 0.00756. The Balaban J connectivity index is 2.00. The third-order valence-electron chi connectivity index (χ3n) is 3.51. The van der Waals surface area contributed by atoms with Gasteiger partial charge in [-0.3, -0.25) is 4.79 Å². The van der Waals surface area contributed by atoms with Crippen LogP contribution in [0.15, 0.2) is 24.3 Å². The molecule has 1 heterocycles. The summed E-state index contributed by atoms with van der Waals surface area (Å²) in [6, 6.07) is 7.79. The number of amides is 1. The van der Waals surface area contributed by atoms with Crippen LogP contribution >= 0.6 is 0 Å². The molecule has 19 heavy (non-hydrogen) atoms. The van der Waals surface area contributed by atoms with Gasteiger partial charge in [0.2, 0.25) is 0 Å². The fourth-order valence-electron chi connectivity index (χ4n) is 2.22. The first-order valence-corrected chi connectivity index (χ1v) is 7.00. The van der Waals surface area contributed by atoms with Gasteiger partial charge >= 0.3 is 0 Å². The van der Waals surface area contributed by atoms with Gasteiger partial charge < -0.3 is 15.8 Å². The normalized spacial score (nSPS) is 21.4. The van der Waals surface area contributed by atoms with Gasteiger partial charge in [0.05, 0.1) is 0 Å².